The molecule has 0 fully saturated rings. The molecule has 0 amide bonds. The molecule has 1 aromatic heterocycles. The molecule has 0 bridgehead atoms. The summed E-state index contributed by atoms with van der Waals surface area (Å²) < 4.78 is 25.4. The van der Waals surface area contributed by atoms with Gasteiger partial charge in [-0.05, 0) is 28.7 Å². The van der Waals surface area contributed by atoms with Crippen molar-refractivity contribution in [1.29, 1.82) is 10.5 Å². The second-order valence-electron chi connectivity index (χ2n) is 2.60. The van der Waals surface area contributed by atoms with Gasteiger partial charge in [0.2, 0.25) is 0 Å². The lowest BCUT2D eigenvalue weighted by Gasteiger charge is -2.07. The molecule has 0 atom stereocenters. The molecular formula is C9H4F2IN3. The van der Waals surface area contributed by atoms with Crippen LogP contribution in [0.4, 0.5) is 8.78 Å². The van der Waals surface area contributed by atoms with Crippen LogP contribution >= 0.6 is 22.6 Å². The molecule has 0 radical (unpaired) electrons. The Bertz CT molecular complexity index is 460. The van der Waals surface area contributed by atoms with Gasteiger partial charge in [-0.15, -0.1) is 0 Å². The molecule has 0 aliphatic heterocycles. The van der Waals surface area contributed by atoms with E-state index in [-0.39, 0.29) is 17.5 Å². The van der Waals surface area contributed by atoms with Crippen LogP contribution in [0.3, 0.4) is 0 Å². The zero-order chi connectivity index (χ0) is 11.4. The van der Waals surface area contributed by atoms with Gasteiger partial charge in [0, 0.05) is 5.56 Å². The number of halogens is 3. The summed E-state index contributed by atoms with van der Waals surface area (Å²) >= 11 is 1.75. The summed E-state index contributed by atoms with van der Waals surface area (Å²) in [6, 6.07) is 4.92. The van der Waals surface area contributed by atoms with E-state index in [1.165, 1.54) is 6.07 Å². The highest BCUT2D eigenvalue weighted by Gasteiger charge is 2.19. The number of hydrogen-bond acceptors (Lipinski definition) is 3. The predicted molar refractivity (Wildman–Crippen MR) is 55.9 cm³/mol. The second-order valence-corrected chi connectivity index (χ2v) is 3.71. The Kier molecular flexibility index (Phi) is 3.92. The zero-order valence-electron chi connectivity index (χ0n) is 7.34. The highest BCUT2D eigenvalue weighted by molar-refractivity contribution is 14.1. The molecule has 0 saturated carbocycles. The van der Waals surface area contributed by atoms with E-state index in [1.807, 2.05) is 0 Å². The molecule has 6 heteroatoms. The molecule has 1 aromatic rings. The minimum Gasteiger partial charge on any atom is -0.240 e. The van der Waals surface area contributed by atoms with Crippen molar-refractivity contribution in [2.45, 2.75) is 12.8 Å². The van der Waals surface area contributed by atoms with Gasteiger partial charge in [0.1, 0.15) is 9.39 Å². The Balaban J connectivity index is 3.43. The van der Waals surface area contributed by atoms with Gasteiger partial charge < -0.3 is 0 Å². The van der Waals surface area contributed by atoms with Gasteiger partial charge in [0.05, 0.1) is 24.1 Å². The number of pyridine rings is 1. The lowest BCUT2D eigenvalue weighted by atomic mass is 10.1. The van der Waals surface area contributed by atoms with E-state index in [1.54, 1.807) is 34.7 Å². The van der Waals surface area contributed by atoms with Gasteiger partial charge in [-0.1, -0.05) is 0 Å². The van der Waals surface area contributed by atoms with Gasteiger partial charge in [-0.3, -0.25) is 0 Å². The van der Waals surface area contributed by atoms with Crippen LogP contribution in [0.1, 0.15) is 23.2 Å². The third-order valence-electron chi connectivity index (χ3n) is 1.71. The van der Waals surface area contributed by atoms with Crippen LogP contribution in [0.25, 0.3) is 0 Å². The molecule has 1 rings (SSSR count). The molecule has 0 aliphatic rings. The van der Waals surface area contributed by atoms with Gasteiger partial charge in [0.25, 0.3) is 6.43 Å². The lowest BCUT2D eigenvalue weighted by molar-refractivity contribution is 0.144. The average Bonchev–Trinajstić information content (AvgIpc) is 2.19. The van der Waals surface area contributed by atoms with E-state index in [0.29, 0.717) is 3.70 Å². The van der Waals surface area contributed by atoms with Gasteiger partial charge in [0.15, 0.2) is 0 Å². The van der Waals surface area contributed by atoms with Crippen molar-refractivity contribution in [2.75, 3.05) is 0 Å². The first kappa shape index (κ1) is 11.8. The monoisotopic (exact) mass is 319 g/mol. The summed E-state index contributed by atoms with van der Waals surface area (Å²) in [7, 11) is 0. The van der Waals surface area contributed by atoms with E-state index >= 15 is 0 Å². The summed E-state index contributed by atoms with van der Waals surface area (Å²) in [5.41, 5.74) is -0.360. The first-order valence-corrected chi connectivity index (χ1v) is 4.92. The third-order valence-corrected chi connectivity index (χ3v) is 2.26. The molecular weight excluding hydrogens is 315 g/mol. The first-order chi connectivity index (χ1) is 7.10. The molecule has 0 N–H and O–H groups in total. The van der Waals surface area contributed by atoms with Crippen LogP contribution in [-0.4, -0.2) is 4.98 Å². The summed E-state index contributed by atoms with van der Waals surface area (Å²) in [4.78, 5) is 3.63. The summed E-state index contributed by atoms with van der Waals surface area (Å²) in [5.74, 6) is 0. The number of nitrogens with zero attached hydrogens (tertiary/aromatic N) is 3. The molecule has 0 aromatic carbocycles. The van der Waals surface area contributed by atoms with Crippen molar-refractivity contribution >= 4 is 22.6 Å². The number of nitriles is 2. The van der Waals surface area contributed by atoms with E-state index in [2.05, 4.69) is 4.98 Å². The zero-order valence-corrected chi connectivity index (χ0v) is 9.49. The Morgan fingerprint density at radius 2 is 2.13 bits per heavy atom. The highest BCUT2D eigenvalue weighted by Crippen LogP contribution is 2.25. The fraction of sp³-hybridized carbons (Fsp3) is 0.222. The highest BCUT2D eigenvalue weighted by atomic mass is 127. The van der Waals surface area contributed by atoms with Gasteiger partial charge >= 0.3 is 0 Å². The van der Waals surface area contributed by atoms with E-state index in [0.717, 1.165) is 0 Å². The lowest BCUT2D eigenvalue weighted by Crippen LogP contribution is -2.03. The fourth-order valence-electron chi connectivity index (χ4n) is 1.10. The van der Waals surface area contributed by atoms with Crippen molar-refractivity contribution in [1.82, 2.24) is 4.98 Å². The minimum atomic E-state index is -2.77. The van der Waals surface area contributed by atoms with Crippen LogP contribution in [0, 0.1) is 26.4 Å². The largest absolute Gasteiger partial charge is 0.280 e. The number of rotatable bonds is 2. The van der Waals surface area contributed by atoms with E-state index in [9.17, 15) is 8.78 Å². The number of alkyl halides is 2. The van der Waals surface area contributed by atoms with Crippen LogP contribution < -0.4 is 0 Å². The maximum Gasteiger partial charge on any atom is 0.280 e. The normalized spacial score (nSPS) is 9.73. The van der Waals surface area contributed by atoms with E-state index < -0.39 is 12.1 Å². The molecule has 1 heterocycles. The minimum absolute atomic E-state index is 0.0235. The van der Waals surface area contributed by atoms with Crippen molar-refractivity contribution in [3.8, 4) is 12.1 Å². The third kappa shape index (κ3) is 2.60. The summed E-state index contributed by atoms with van der Waals surface area (Å²) in [5, 5.41) is 17.2. The molecule has 15 heavy (non-hydrogen) atoms. The molecule has 0 saturated heterocycles. The Morgan fingerprint density at radius 3 is 2.60 bits per heavy atom. The van der Waals surface area contributed by atoms with Crippen LogP contribution in [0.15, 0.2) is 6.07 Å². The molecule has 0 aliphatic carbocycles. The number of hydrogen-bond donors (Lipinski definition) is 0. The maximum absolute atomic E-state index is 12.6. The van der Waals surface area contributed by atoms with E-state index in [4.69, 9.17) is 10.5 Å². The standard InChI is InChI=1S/C9H4F2IN3/c10-9(11)8-6(1-2-13)5(4-14)3-7(12)15-8/h3,9H,1H2. The summed E-state index contributed by atoms with van der Waals surface area (Å²) in [6.07, 6.45) is -3.00. The van der Waals surface area contributed by atoms with Crippen molar-refractivity contribution in [3.05, 3.63) is 26.6 Å². The van der Waals surface area contributed by atoms with Gasteiger partial charge in [-0.25, -0.2) is 13.8 Å². The van der Waals surface area contributed by atoms with Crippen LogP contribution in [0.5, 0.6) is 0 Å². The number of aromatic nitrogens is 1. The fourth-order valence-corrected chi connectivity index (χ4v) is 1.68. The van der Waals surface area contributed by atoms with Crippen LogP contribution in [0.2, 0.25) is 0 Å². The maximum atomic E-state index is 12.6. The van der Waals surface area contributed by atoms with Crippen molar-refractivity contribution in [2.24, 2.45) is 0 Å². The predicted octanol–water partition coefficient (Wildman–Crippen LogP) is 2.56. The Labute approximate surface area is 98.5 Å². The van der Waals surface area contributed by atoms with Crippen molar-refractivity contribution < 1.29 is 8.78 Å². The first-order valence-electron chi connectivity index (χ1n) is 3.84. The van der Waals surface area contributed by atoms with Gasteiger partial charge in [-0.2, -0.15) is 10.5 Å². The SMILES string of the molecule is N#CCc1c(C#N)cc(I)nc1C(F)F. The molecule has 0 unspecified atom stereocenters. The quantitative estimate of drug-likeness (QED) is 0.622. The molecule has 76 valence electrons. The summed E-state index contributed by atoms with van der Waals surface area (Å²) in [6.45, 7) is 0. The smallest absolute Gasteiger partial charge is 0.240 e. The van der Waals surface area contributed by atoms with Crippen LogP contribution in [-0.2, 0) is 6.42 Å². The Hall–Kier alpha value is -1.28. The molecule has 0 spiro atoms. The van der Waals surface area contributed by atoms with Crippen molar-refractivity contribution in [3.63, 3.8) is 0 Å². The average molecular weight is 319 g/mol. The second kappa shape index (κ2) is 4.99. The topological polar surface area (TPSA) is 60.5 Å². The molecule has 3 nitrogen and oxygen atoms in total. The Morgan fingerprint density at radius 1 is 1.47 bits per heavy atom.